The van der Waals surface area contributed by atoms with Crippen LogP contribution < -0.4 is 0 Å². The lowest BCUT2D eigenvalue weighted by molar-refractivity contribution is -0.138. The Hall–Kier alpha value is -1.16. The van der Waals surface area contributed by atoms with Crippen LogP contribution in [0.1, 0.15) is 12.8 Å². The summed E-state index contributed by atoms with van der Waals surface area (Å²) >= 11 is 0. The zero-order valence-electron chi connectivity index (χ0n) is 8.15. The number of esters is 1. The predicted molar refractivity (Wildman–Crippen MR) is 51.8 cm³/mol. The van der Waals surface area contributed by atoms with Gasteiger partial charge in [-0.25, -0.2) is 4.79 Å². The summed E-state index contributed by atoms with van der Waals surface area (Å²) < 4.78 is 4.88. The van der Waals surface area contributed by atoms with Crippen molar-refractivity contribution >= 4 is 12.3 Å². The molecule has 0 atom stereocenters. The van der Waals surface area contributed by atoms with Crippen molar-refractivity contribution in [3.8, 4) is 0 Å². The van der Waals surface area contributed by atoms with Crippen LogP contribution in [0.5, 0.6) is 0 Å². The first-order valence-corrected chi connectivity index (χ1v) is 4.84. The summed E-state index contributed by atoms with van der Waals surface area (Å²) in [6.45, 7) is 3.39. The number of carbonyl (C=O) groups is 2. The smallest absolute Gasteiger partial charge is 0.330 e. The van der Waals surface area contributed by atoms with E-state index < -0.39 is 5.97 Å². The summed E-state index contributed by atoms with van der Waals surface area (Å²) in [6, 6.07) is 0. The zero-order valence-corrected chi connectivity index (χ0v) is 8.15. The van der Waals surface area contributed by atoms with Gasteiger partial charge in [-0.2, -0.15) is 0 Å². The average Bonchev–Trinajstić information content (AvgIpc) is 2.67. The van der Waals surface area contributed by atoms with Crippen LogP contribution in [0, 0.1) is 0 Å². The maximum Gasteiger partial charge on any atom is 0.330 e. The second-order valence-corrected chi connectivity index (χ2v) is 3.21. The molecule has 0 amide bonds. The lowest BCUT2D eigenvalue weighted by Crippen LogP contribution is -2.24. The van der Waals surface area contributed by atoms with Gasteiger partial charge >= 0.3 is 5.97 Å². The van der Waals surface area contributed by atoms with Crippen LogP contribution in [0.15, 0.2) is 12.2 Å². The third kappa shape index (κ3) is 4.18. The first-order valence-electron chi connectivity index (χ1n) is 4.84. The summed E-state index contributed by atoms with van der Waals surface area (Å²) in [7, 11) is 0. The Morgan fingerprint density at radius 3 is 2.71 bits per heavy atom. The van der Waals surface area contributed by atoms with Crippen molar-refractivity contribution in [2.45, 2.75) is 12.8 Å². The van der Waals surface area contributed by atoms with Crippen molar-refractivity contribution < 1.29 is 14.3 Å². The lowest BCUT2D eigenvalue weighted by Gasteiger charge is -2.13. The molecule has 0 N–H and O–H groups in total. The molecule has 14 heavy (non-hydrogen) atoms. The highest BCUT2D eigenvalue weighted by atomic mass is 16.5. The largest absolute Gasteiger partial charge is 0.461 e. The number of aldehydes is 1. The molecule has 0 bridgehead atoms. The van der Waals surface area contributed by atoms with E-state index in [1.54, 1.807) is 0 Å². The van der Waals surface area contributed by atoms with Crippen molar-refractivity contribution in [1.82, 2.24) is 4.90 Å². The fourth-order valence-corrected chi connectivity index (χ4v) is 1.45. The van der Waals surface area contributed by atoms with Crippen LogP contribution in [0.3, 0.4) is 0 Å². The maximum absolute atomic E-state index is 10.9. The normalized spacial score (nSPS) is 17.4. The van der Waals surface area contributed by atoms with E-state index in [1.165, 1.54) is 12.8 Å². The van der Waals surface area contributed by atoms with Crippen molar-refractivity contribution in [3.05, 3.63) is 12.2 Å². The van der Waals surface area contributed by atoms with E-state index in [9.17, 15) is 9.59 Å². The second-order valence-electron chi connectivity index (χ2n) is 3.21. The number of carbonyl (C=O) groups excluding carboxylic acids is 2. The van der Waals surface area contributed by atoms with Crippen molar-refractivity contribution in [2.24, 2.45) is 0 Å². The molecule has 0 unspecified atom stereocenters. The van der Waals surface area contributed by atoms with Gasteiger partial charge in [0, 0.05) is 12.6 Å². The molecule has 1 heterocycles. The molecule has 4 nitrogen and oxygen atoms in total. The van der Waals surface area contributed by atoms with Crippen molar-refractivity contribution in [2.75, 3.05) is 26.2 Å². The van der Waals surface area contributed by atoms with E-state index in [1.807, 2.05) is 0 Å². The SMILES string of the molecule is O=C/C=C/C(=O)OCCN1CCCC1. The lowest BCUT2D eigenvalue weighted by atomic mass is 10.4. The Labute approximate surface area is 83.5 Å². The molecule has 0 aliphatic carbocycles. The minimum atomic E-state index is -0.448. The molecule has 0 spiro atoms. The molecule has 1 rings (SSSR count). The van der Waals surface area contributed by atoms with Crippen LogP contribution in [0.2, 0.25) is 0 Å². The molecule has 78 valence electrons. The first-order chi connectivity index (χ1) is 6.83. The quantitative estimate of drug-likeness (QED) is 0.363. The monoisotopic (exact) mass is 197 g/mol. The maximum atomic E-state index is 10.9. The summed E-state index contributed by atoms with van der Waals surface area (Å²) in [5.74, 6) is -0.448. The molecule has 0 aromatic heterocycles. The molecule has 0 saturated carbocycles. The third-order valence-electron chi connectivity index (χ3n) is 2.16. The number of allylic oxidation sites excluding steroid dienone is 1. The summed E-state index contributed by atoms with van der Waals surface area (Å²) in [4.78, 5) is 23.0. The van der Waals surface area contributed by atoms with Crippen LogP contribution in [0.4, 0.5) is 0 Å². The summed E-state index contributed by atoms with van der Waals surface area (Å²) in [5.41, 5.74) is 0. The first kappa shape index (κ1) is 10.9. The van der Waals surface area contributed by atoms with Gasteiger partial charge in [-0.1, -0.05) is 0 Å². The Morgan fingerprint density at radius 1 is 1.36 bits per heavy atom. The topological polar surface area (TPSA) is 46.6 Å². The molecule has 1 fully saturated rings. The fourth-order valence-electron chi connectivity index (χ4n) is 1.45. The molecule has 1 aliphatic heterocycles. The molecular formula is C10H15NO3. The van der Waals surface area contributed by atoms with Crippen molar-refractivity contribution in [3.63, 3.8) is 0 Å². The van der Waals surface area contributed by atoms with Crippen LogP contribution in [0.25, 0.3) is 0 Å². The highest BCUT2D eigenvalue weighted by Gasteiger charge is 2.10. The Kier molecular flexibility index (Phi) is 4.93. The number of ether oxygens (including phenoxy) is 1. The number of likely N-dealkylation sites (tertiary alicyclic amines) is 1. The molecule has 0 aromatic rings. The average molecular weight is 197 g/mol. The van der Waals surface area contributed by atoms with E-state index in [0.717, 1.165) is 31.8 Å². The van der Waals surface area contributed by atoms with Gasteiger partial charge in [0.25, 0.3) is 0 Å². The highest BCUT2D eigenvalue weighted by Crippen LogP contribution is 2.05. The van der Waals surface area contributed by atoms with Crippen LogP contribution >= 0.6 is 0 Å². The van der Waals surface area contributed by atoms with E-state index in [4.69, 9.17) is 4.74 Å². The van der Waals surface area contributed by atoms with Gasteiger partial charge in [-0.3, -0.25) is 9.69 Å². The molecule has 0 radical (unpaired) electrons. The second kappa shape index (κ2) is 6.32. The Bertz CT molecular complexity index is 219. The van der Waals surface area contributed by atoms with Crippen LogP contribution in [-0.2, 0) is 14.3 Å². The Balaban J connectivity index is 2.05. The number of hydrogen-bond acceptors (Lipinski definition) is 4. The van der Waals surface area contributed by atoms with Gasteiger partial charge in [0.2, 0.25) is 0 Å². The number of hydrogen-bond donors (Lipinski definition) is 0. The van der Waals surface area contributed by atoms with Crippen molar-refractivity contribution in [1.29, 1.82) is 0 Å². The summed E-state index contributed by atoms with van der Waals surface area (Å²) in [6.07, 6.45) is 5.30. The van der Waals surface area contributed by atoms with Gasteiger partial charge < -0.3 is 4.74 Å². The van der Waals surface area contributed by atoms with Crippen LogP contribution in [-0.4, -0.2) is 43.4 Å². The van der Waals surface area contributed by atoms with Gasteiger partial charge in [-0.05, 0) is 32.0 Å². The molecular weight excluding hydrogens is 182 g/mol. The number of nitrogens with zero attached hydrogens (tertiary/aromatic N) is 1. The minimum absolute atomic E-state index is 0.405. The molecule has 4 heteroatoms. The zero-order chi connectivity index (χ0) is 10.2. The minimum Gasteiger partial charge on any atom is -0.461 e. The predicted octanol–water partition coefficient (Wildman–Crippen LogP) is 0.380. The molecule has 0 aromatic carbocycles. The van der Waals surface area contributed by atoms with Gasteiger partial charge in [0.15, 0.2) is 0 Å². The van der Waals surface area contributed by atoms with E-state index in [0.29, 0.717) is 12.9 Å². The van der Waals surface area contributed by atoms with E-state index >= 15 is 0 Å². The van der Waals surface area contributed by atoms with E-state index in [2.05, 4.69) is 4.90 Å². The van der Waals surface area contributed by atoms with Gasteiger partial charge in [0.1, 0.15) is 12.9 Å². The third-order valence-corrected chi connectivity index (χ3v) is 2.16. The number of rotatable bonds is 5. The highest BCUT2D eigenvalue weighted by molar-refractivity contribution is 5.86. The molecule has 1 saturated heterocycles. The van der Waals surface area contributed by atoms with E-state index in [-0.39, 0.29) is 0 Å². The molecule has 1 aliphatic rings. The Morgan fingerprint density at radius 2 is 2.07 bits per heavy atom. The fraction of sp³-hybridized carbons (Fsp3) is 0.600. The van der Waals surface area contributed by atoms with Gasteiger partial charge in [-0.15, -0.1) is 0 Å². The summed E-state index contributed by atoms with van der Waals surface area (Å²) in [5, 5.41) is 0. The van der Waals surface area contributed by atoms with Gasteiger partial charge in [0.05, 0.1) is 0 Å². The standard InChI is InChI=1S/C10H15NO3/c12-8-3-4-10(13)14-9-7-11-5-1-2-6-11/h3-4,8H,1-2,5-7,9H2/b4-3+.